The van der Waals surface area contributed by atoms with Crippen molar-refractivity contribution in [2.45, 2.75) is 0 Å². The molecule has 0 aliphatic heterocycles. The molecule has 0 saturated carbocycles. The summed E-state index contributed by atoms with van der Waals surface area (Å²) in [6, 6.07) is 16.9. The smallest absolute Gasteiger partial charge is 0.332 e. The summed E-state index contributed by atoms with van der Waals surface area (Å²) in [5, 5.41) is 19.3. The van der Waals surface area contributed by atoms with Crippen LogP contribution in [0.1, 0.15) is 0 Å². The summed E-state index contributed by atoms with van der Waals surface area (Å²) in [7, 11) is 0. The number of pyridine rings is 1. The first-order valence-corrected chi connectivity index (χ1v) is 9.73. The zero-order valence-electron chi connectivity index (χ0n) is 15.3. The first kappa shape index (κ1) is 17.9. The Balaban J connectivity index is 1.55. The maximum atomic E-state index is 11.9. The van der Waals surface area contributed by atoms with Gasteiger partial charge in [0.2, 0.25) is 11.6 Å². The molecule has 0 radical (unpaired) electrons. The average molecular weight is 415 g/mol. The van der Waals surface area contributed by atoms with E-state index in [-0.39, 0.29) is 17.3 Å². The van der Waals surface area contributed by atoms with Gasteiger partial charge in [-0.25, -0.2) is 15.0 Å². The van der Waals surface area contributed by atoms with Crippen LogP contribution in [-0.2, 0) is 0 Å². The zero-order valence-corrected chi connectivity index (χ0v) is 16.1. The lowest BCUT2D eigenvalue weighted by molar-refractivity contribution is -0.383. The molecular formula is C20H13N7O2S. The number of nitrogens with one attached hydrogen (secondary N) is 2. The Morgan fingerprint density at radius 1 is 0.900 bits per heavy atom. The number of anilines is 4. The Hall–Kier alpha value is -4.18. The molecule has 0 aliphatic rings. The summed E-state index contributed by atoms with van der Waals surface area (Å²) in [4.78, 5) is 28.4. The van der Waals surface area contributed by atoms with Crippen LogP contribution < -0.4 is 10.6 Å². The highest BCUT2D eigenvalue weighted by molar-refractivity contribution is 7.22. The molecule has 10 heteroatoms. The molecule has 146 valence electrons. The molecule has 0 bridgehead atoms. The van der Waals surface area contributed by atoms with E-state index in [0.29, 0.717) is 16.3 Å². The highest BCUT2D eigenvalue weighted by atomic mass is 32.1. The van der Waals surface area contributed by atoms with Crippen LogP contribution in [0.2, 0.25) is 0 Å². The lowest BCUT2D eigenvalue weighted by Gasteiger charge is -2.10. The van der Waals surface area contributed by atoms with Crippen molar-refractivity contribution >= 4 is 60.6 Å². The predicted octanol–water partition coefficient (Wildman–Crippen LogP) is 5.03. The van der Waals surface area contributed by atoms with Crippen molar-refractivity contribution < 1.29 is 4.92 Å². The summed E-state index contributed by atoms with van der Waals surface area (Å²) in [6.45, 7) is 0. The Kier molecular flexibility index (Phi) is 4.37. The predicted molar refractivity (Wildman–Crippen MR) is 117 cm³/mol. The van der Waals surface area contributed by atoms with Crippen molar-refractivity contribution in [2.75, 3.05) is 10.6 Å². The number of para-hydroxylation sites is 2. The van der Waals surface area contributed by atoms with E-state index in [2.05, 4.69) is 30.6 Å². The number of thiazole rings is 1. The monoisotopic (exact) mass is 415 g/mol. The molecule has 2 aromatic carbocycles. The van der Waals surface area contributed by atoms with E-state index < -0.39 is 4.92 Å². The van der Waals surface area contributed by atoms with Crippen LogP contribution >= 0.6 is 11.3 Å². The van der Waals surface area contributed by atoms with Gasteiger partial charge in [0.15, 0.2) is 5.13 Å². The van der Waals surface area contributed by atoms with Gasteiger partial charge in [0.25, 0.3) is 0 Å². The van der Waals surface area contributed by atoms with Crippen LogP contribution in [0.4, 0.5) is 28.1 Å². The molecule has 3 heterocycles. The summed E-state index contributed by atoms with van der Waals surface area (Å²) < 4.78 is 0.969. The average Bonchev–Trinajstić information content (AvgIpc) is 3.16. The number of rotatable bonds is 5. The second kappa shape index (κ2) is 7.33. The first-order chi connectivity index (χ1) is 14.7. The molecule has 3 aromatic heterocycles. The van der Waals surface area contributed by atoms with E-state index in [1.807, 2.05) is 48.5 Å². The third kappa shape index (κ3) is 3.25. The maximum absolute atomic E-state index is 11.9. The van der Waals surface area contributed by atoms with Gasteiger partial charge in [-0.15, -0.1) is 0 Å². The highest BCUT2D eigenvalue weighted by Gasteiger charge is 2.24. The van der Waals surface area contributed by atoms with E-state index in [9.17, 15) is 10.1 Å². The van der Waals surface area contributed by atoms with Crippen LogP contribution in [0.5, 0.6) is 0 Å². The van der Waals surface area contributed by atoms with Crippen LogP contribution in [0.3, 0.4) is 0 Å². The van der Waals surface area contributed by atoms with Crippen molar-refractivity contribution in [3.05, 3.63) is 77.2 Å². The van der Waals surface area contributed by atoms with Gasteiger partial charge in [0.05, 0.1) is 26.3 Å². The van der Waals surface area contributed by atoms with E-state index in [1.165, 1.54) is 17.7 Å². The van der Waals surface area contributed by atoms with Gasteiger partial charge in [-0.05, 0) is 24.3 Å². The maximum Gasteiger partial charge on any atom is 0.353 e. The fourth-order valence-electron chi connectivity index (χ4n) is 3.09. The van der Waals surface area contributed by atoms with Crippen LogP contribution in [0.15, 0.2) is 67.1 Å². The quantitative estimate of drug-likeness (QED) is 0.303. The number of aromatic nitrogens is 4. The van der Waals surface area contributed by atoms with Gasteiger partial charge in [-0.2, -0.15) is 0 Å². The fourth-order valence-corrected chi connectivity index (χ4v) is 3.96. The van der Waals surface area contributed by atoms with Gasteiger partial charge in [-0.1, -0.05) is 41.7 Å². The standard InChI is InChI=1S/C20H13N7O2S/c28-27(29)17-18(24-14-8-3-5-12-6-4-10-21-16(12)14)22-11-23-19(17)26-20-25-13-7-1-2-9-15(13)30-20/h1-11H,(H2,22,23,24,25,26). The fraction of sp³-hybridized carbons (Fsp3) is 0. The summed E-state index contributed by atoms with van der Waals surface area (Å²) in [5.41, 5.74) is 1.83. The Bertz CT molecular complexity index is 1360. The number of benzene rings is 2. The number of nitrogens with zero attached hydrogens (tertiary/aromatic N) is 5. The van der Waals surface area contributed by atoms with Crippen LogP contribution in [0.25, 0.3) is 21.1 Å². The Labute approximate surface area is 173 Å². The molecule has 0 amide bonds. The summed E-state index contributed by atoms with van der Waals surface area (Å²) in [6.07, 6.45) is 2.94. The SMILES string of the molecule is O=[N+]([O-])c1c(Nc2nc3ccccc3s2)ncnc1Nc1cccc2cccnc12. The summed E-state index contributed by atoms with van der Waals surface area (Å²) in [5.74, 6) is 0.126. The lowest BCUT2D eigenvalue weighted by Crippen LogP contribution is -2.05. The number of nitro groups is 1. The molecular weight excluding hydrogens is 402 g/mol. The van der Waals surface area contributed by atoms with Crippen molar-refractivity contribution in [3.63, 3.8) is 0 Å². The molecule has 0 atom stereocenters. The van der Waals surface area contributed by atoms with E-state index in [4.69, 9.17) is 0 Å². The van der Waals surface area contributed by atoms with E-state index in [0.717, 1.165) is 15.6 Å². The molecule has 30 heavy (non-hydrogen) atoms. The molecule has 0 fully saturated rings. The zero-order chi connectivity index (χ0) is 20.5. The third-order valence-corrected chi connectivity index (χ3v) is 5.36. The normalized spacial score (nSPS) is 10.9. The van der Waals surface area contributed by atoms with Gasteiger partial charge < -0.3 is 10.6 Å². The second-order valence-corrected chi connectivity index (χ2v) is 7.32. The molecule has 9 nitrogen and oxygen atoms in total. The van der Waals surface area contributed by atoms with Crippen molar-refractivity contribution in [3.8, 4) is 0 Å². The molecule has 0 spiro atoms. The van der Waals surface area contributed by atoms with E-state index >= 15 is 0 Å². The molecule has 0 saturated heterocycles. The molecule has 5 aromatic rings. The molecule has 0 aliphatic carbocycles. The molecule has 2 N–H and O–H groups in total. The van der Waals surface area contributed by atoms with Crippen LogP contribution in [-0.4, -0.2) is 24.9 Å². The number of hydrogen-bond acceptors (Lipinski definition) is 9. The first-order valence-electron chi connectivity index (χ1n) is 8.92. The lowest BCUT2D eigenvalue weighted by atomic mass is 10.2. The summed E-state index contributed by atoms with van der Waals surface area (Å²) >= 11 is 1.39. The topological polar surface area (TPSA) is 119 Å². The largest absolute Gasteiger partial charge is 0.353 e. The number of hydrogen-bond donors (Lipinski definition) is 2. The number of fused-ring (bicyclic) bond motifs is 2. The van der Waals surface area contributed by atoms with Crippen molar-refractivity contribution in [1.82, 2.24) is 19.9 Å². The minimum atomic E-state index is -0.517. The second-order valence-electron chi connectivity index (χ2n) is 6.29. The van der Waals surface area contributed by atoms with Crippen molar-refractivity contribution in [1.29, 1.82) is 0 Å². The van der Waals surface area contributed by atoms with Gasteiger partial charge in [0, 0.05) is 11.6 Å². The van der Waals surface area contributed by atoms with Crippen molar-refractivity contribution in [2.24, 2.45) is 0 Å². The minimum Gasteiger partial charge on any atom is -0.332 e. The minimum absolute atomic E-state index is 0.0600. The van der Waals surface area contributed by atoms with E-state index in [1.54, 1.807) is 12.3 Å². The molecule has 0 unspecified atom stereocenters. The van der Waals surface area contributed by atoms with Gasteiger partial charge in [-0.3, -0.25) is 15.1 Å². The van der Waals surface area contributed by atoms with Crippen LogP contribution in [0, 0.1) is 10.1 Å². The Morgan fingerprint density at radius 2 is 1.70 bits per heavy atom. The van der Waals surface area contributed by atoms with Gasteiger partial charge >= 0.3 is 5.69 Å². The highest BCUT2D eigenvalue weighted by Crippen LogP contribution is 2.36. The van der Waals surface area contributed by atoms with Gasteiger partial charge in [0.1, 0.15) is 6.33 Å². The molecule has 5 rings (SSSR count). The Morgan fingerprint density at radius 3 is 2.53 bits per heavy atom. The third-order valence-electron chi connectivity index (χ3n) is 4.41.